The summed E-state index contributed by atoms with van der Waals surface area (Å²) in [5.74, 6) is -1.28. The summed E-state index contributed by atoms with van der Waals surface area (Å²) in [5.41, 5.74) is 0.996. The fourth-order valence-corrected chi connectivity index (χ4v) is 2.44. The fourth-order valence-electron chi connectivity index (χ4n) is 2.44. The number of ether oxygens (including phenoxy) is 1. The molecule has 2 aromatic rings. The summed E-state index contributed by atoms with van der Waals surface area (Å²) in [6, 6.07) is 7.18. The SMILES string of the molecule is [2H]C([2H])([2H])c1cc(OCC(=O)O)cc(C([2H])([2H])[2H])c1Cc1ccc(O)c(C(C)C)c1. The van der Waals surface area contributed by atoms with Crippen LogP contribution in [-0.4, -0.2) is 22.8 Å². The van der Waals surface area contributed by atoms with Gasteiger partial charge >= 0.3 is 5.97 Å². The zero-order valence-electron chi connectivity index (χ0n) is 19.6. The van der Waals surface area contributed by atoms with E-state index in [1.165, 1.54) is 18.2 Å². The van der Waals surface area contributed by atoms with Crippen LogP contribution in [-0.2, 0) is 11.2 Å². The maximum absolute atomic E-state index is 10.8. The quantitative estimate of drug-likeness (QED) is 0.831. The van der Waals surface area contributed by atoms with E-state index in [1.807, 2.05) is 13.8 Å². The first-order valence-electron chi connectivity index (χ1n) is 10.5. The van der Waals surface area contributed by atoms with Crippen molar-refractivity contribution in [3.05, 3.63) is 58.1 Å². The molecule has 4 nitrogen and oxygen atoms in total. The van der Waals surface area contributed by atoms with Crippen molar-refractivity contribution in [2.24, 2.45) is 0 Å². The molecule has 0 radical (unpaired) electrons. The Kier molecular flexibility index (Phi) is 3.43. The third kappa shape index (κ3) is 4.28. The number of phenolic OH excluding ortho intramolecular Hbond substituents is 1. The first kappa shape index (κ1) is 11.1. The zero-order valence-corrected chi connectivity index (χ0v) is 13.6. The summed E-state index contributed by atoms with van der Waals surface area (Å²) in [6.07, 6.45) is 0.0145. The van der Waals surface area contributed by atoms with Gasteiger partial charge in [-0.15, -0.1) is 0 Å². The van der Waals surface area contributed by atoms with E-state index >= 15 is 0 Å². The maximum atomic E-state index is 10.8. The lowest BCUT2D eigenvalue weighted by atomic mass is 9.93. The van der Waals surface area contributed by atoms with E-state index in [4.69, 9.17) is 18.1 Å². The molecular formula is C20H24O4. The highest BCUT2D eigenvalue weighted by molar-refractivity contribution is 5.68. The van der Waals surface area contributed by atoms with Gasteiger partial charge < -0.3 is 14.9 Å². The van der Waals surface area contributed by atoms with Crippen molar-refractivity contribution < 1.29 is 28.0 Å². The van der Waals surface area contributed by atoms with Gasteiger partial charge in [-0.1, -0.05) is 26.0 Å². The monoisotopic (exact) mass is 334 g/mol. The minimum Gasteiger partial charge on any atom is -0.508 e. The Balaban J connectivity index is 2.67. The molecule has 0 bridgehead atoms. The molecule has 0 amide bonds. The molecule has 0 aliphatic carbocycles. The van der Waals surface area contributed by atoms with Crippen LogP contribution in [0.5, 0.6) is 11.5 Å². The molecule has 24 heavy (non-hydrogen) atoms. The number of hydrogen-bond acceptors (Lipinski definition) is 3. The van der Waals surface area contributed by atoms with Gasteiger partial charge in [0.2, 0.25) is 0 Å². The highest BCUT2D eigenvalue weighted by Gasteiger charge is 2.11. The molecule has 0 fully saturated rings. The van der Waals surface area contributed by atoms with Crippen molar-refractivity contribution in [3.8, 4) is 11.5 Å². The van der Waals surface area contributed by atoms with E-state index in [-0.39, 0.29) is 40.5 Å². The van der Waals surface area contributed by atoms with Crippen LogP contribution >= 0.6 is 0 Å². The van der Waals surface area contributed by atoms with Crippen LogP contribution in [0.2, 0.25) is 0 Å². The number of carbonyl (C=O) groups is 1. The first-order chi connectivity index (χ1) is 13.7. The second-order valence-corrected chi connectivity index (χ2v) is 5.90. The van der Waals surface area contributed by atoms with Gasteiger partial charge in [0, 0.05) is 8.22 Å². The topological polar surface area (TPSA) is 66.8 Å². The van der Waals surface area contributed by atoms with E-state index in [0.717, 1.165) is 0 Å². The van der Waals surface area contributed by atoms with Gasteiger partial charge in [0.15, 0.2) is 6.61 Å². The van der Waals surface area contributed by atoms with Gasteiger partial charge in [-0.25, -0.2) is 4.79 Å². The van der Waals surface area contributed by atoms with Crippen LogP contribution in [0.15, 0.2) is 30.3 Å². The Bertz CT molecular complexity index is 897. The van der Waals surface area contributed by atoms with Gasteiger partial charge in [0.05, 0.1) is 0 Å². The summed E-state index contributed by atoms with van der Waals surface area (Å²) in [5, 5.41) is 18.8. The number of carboxylic acids is 1. The minimum atomic E-state index is -2.64. The van der Waals surface area contributed by atoms with Gasteiger partial charge in [0.25, 0.3) is 0 Å². The highest BCUT2D eigenvalue weighted by Crippen LogP contribution is 2.29. The van der Waals surface area contributed by atoms with Crippen molar-refractivity contribution in [1.29, 1.82) is 0 Å². The molecule has 0 aromatic heterocycles. The second kappa shape index (κ2) is 7.39. The molecule has 2 rings (SSSR count). The number of phenols is 1. The van der Waals surface area contributed by atoms with Gasteiger partial charge in [0.1, 0.15) is 11.5 Å². The second-order valence-electron chi connectivity index (χ2n) is 5.90. The lowest BCUT2D eigenvalue weighted by Crippen LogP contribution is -2.10. The van der Waals surface area contributed by atoms with Gasteiger partial charge in [-0.3, -0.25) is 0 Å². The molecule has 0 heterocycles. The Morgan fingerprint density at radius 3 is 2.42 bits per heavy atom. The highest BCUT2D eigenvalue weighted by atomic mass is 16.5. The van der Waals surface area contributed by atoms with E-state index in [9.17, 15) is 9.90 Å². The molecule has 128 valence electrons. The number of benzene rings is 2. The van der Waals surface area contributed by atoms with Crippen LogP contribution in [0, 0.1) is 13.7 Å². The summed E-state index contributed by atoms with van der Waals surface area (Å²) in [7, 11) is 0. The zero-order chi connectivity index (χ0) is 22.9. The molecular weight excluding hydrogens is 304 g/mol. The van der Waals surface area contributed by atoms with Crippen LogP contribution in [0.25, 0.3) is 0 Å². The Labute approximate surface area is 151 Å². The van der Waals surface area contributed by atoms with Crippen LogP contribution in [0.3, 0.4) is 0 Å². The number of carboxylic acid groups (broad SMARTS) is 1. The van der Waals surface area contributed by atoms with Gasteiger partial charge in [-0.2, -0.15) is 0 Å². The number of aryl methyl sites for hydroxylation is 2. The number of aliphatic carboxylic acids is 1. The average molecular weight is 334 g/mol. The summed E-state index contributed by atoms with van der Waals surface area (Å²) < 4.78 is 52.3. The van der Waals surface area contributed by atoms with Crippen LogP contribution in [0.4, 0.5) is 0 Å². The smallest absolute Gasteiger partial charge is 0.341 e. The van der Waals surface area contributed by atoms with Crippen molar-refractivity contribution in [2.75, 3.05) is 6.61 Å². The lowest BCUT2D eigenvalue weighted by molar-refractivity contribution is -0.139. The van der Waals surface area contributed by atoms with Crippen molar-refractivity contribution in [1.82, 2.24) is 0 Å². The number of rotatable bonds is 6. The van der Waals surface area contributed by atoms with Crippen LogP contribution < -0.4 is 4.74 Å². The van der Waals surface area contributed by atoms with E-state index in [1.54, 1.807) is 12.1 Å². The normalized spacial score (nSPS) is 15.6. The molecule has 0 aliphatic rings. The molecule has 0 spiro atoms. The largest absolute Gasteiger partial charge is 0.508 e. The maximum Gasteiger partial charge on any atom is 0.341 e. The van der Waals surface area contributed by atoms with E-state index in [2.05, 4.69) is 0 Å². The van der Waals surface area contributed by atoms with E-state index < -0.39 is 26.3 Å². The number of hydrogen-bond donors (Lipinski definition) is 2. The molecule has 0 unspecified atom stereocenters. The third-order valence-electron chi connectivity index (χ3n) is 3.68. The minimum absolute atomic E-state index is 0.0145. The summed E-state index contributed by atoms with van der Waals surface area (Å²) in [6.45, 7) is -2.22. The Morgan fingerprint density at radius 1 is 1.21 bits per heavy atom. The third-order valence-corrected chi connectivity index (χ3v) is 3.68. The average Bonchev–Trinajstić information content (AvgIpc) is 2.59. The fraction of sp³-hybridized carbons (Fsp3) is 0.350. The predicted octanol–water partition coefficient (Wildman–Crippen LogP) is 4.19. The predicted molar refractivity (Wildman–Crippen MR) is 94.0 cm³/mol. The van der Waals surface area contributed by atoms with Gasteiger partial charge in [-0.05, 0) is 72.1 Å². The first-order valence-corrected chi connectivity index (χ1v) is 7.54. The summed E-state index contributed by atoms with van der Waals surface area (Å²) >= 11 is 0. The molecule has 4 heteroatoms. The molecule has 0 saturated carbocycles. The number of aromatic hydroxyl groups is 1. The van der Waals surface area contributed by atoms with Crippen LogP contribution in [0.1, 0.15) is 55.8 Å². The van der Waals surface area contributed by atoms with Crippen molar-refractivity contribution in [2.45, 2.75) is 39.9 Å². The van der Waals surface area contributed by atoms with Crippen molar-refractivity contribution in [3.63, 3.8) is 0 Å². The Morgan fingerprint density at radius 2 is 1.88 bits per heavy atom. The molecule has 0 saturated heterocycles. The summed E-state index contributed by atoms with van der Waals surface area (Å²) in [4.78, 5) is 10.8. The standard InChI is InChI=1S/C20H24O4/c1-12(2)17-9-15(5-6-19(17)21)10-18-13(3)7-16(8-14(18)4)24-11-20(22)23/h5-9,12,21H,10-11H2,1-4H3,(H,22,23)/i3D3,4D3. The molecule has 0 aliphatic heterocycles. The molecule has 0 atom stereocenters. The Hall–Kier alpha value is -2.49. The van der Waals surface area contributed by atoms with E-state index in [0.29, 0.717) is 11.1 Å². The van der Waals surface area contributed by atoms with Crippen molar-refractivity contribution >= 4 is 5.97 Å². The lowest BCUT2D eigenvalue weighted by Gasteiger charge is -2.15. The molecule has 2 N–H and O–H groups in total. The molecule has 2 aromatic carbocycles.